The van der Waals surface area contributed by atoms with Gasteiger partial charge in [0.2, 0.25) is 0 Å². The molecule has 0 bridgehead atoms. The van der Waals surface area contributed by atoms with E-state index in [1.54, 1.807) is 19.1 Å². The van der Waals surface area contributed by atoms with Gasteiger partial charge in [0.05, 0.1) is 30.8 Å². The molecule has 1 N–H and O–H groups in total. The lowest BCUT2D eigenvalue weighted by Crippen LogP contribution is -2.16. The molecule has 0 unspecified atom stereocenters. The third-order valence-electron chi connectivity index (χ3n) is 5.49. The summed E-state index contributed by atoms with van der Waals surface area (Å²) in [5, 5.41) is 2.29. The Balaban J connectivity index is 1.34. The van der Waals surface area contributed by atoms with E-state index in [1.165, 1.54) is 16.9 Å². The number of esters is 1. The maximum atomic E-state index is 12.7. The van der Waals surface area contributed by atoms with Gasteiger partial charge in [-0.3, -0.25) is 9.59 Å². The second-order valence-electron chi connectivity index (χ2n) is 8.03. The van der Waals surface area contributed by atoms with E-state index in [9.17, 15) is 14.4 Å². The highest BCUT2D eigenvalue weighted by molar-refractivity contribution is 7.16. The van der Waals surface area contributed by atoms with Gasteiger partial charge < -0.3 is 14.5 Å². The summed E-state index contributed by atoms with van der Waals surface area (Å²) in [4.78, 5) is 44.6. The number of hydrogen-bond acceptors (Lipinski definition) is 7. The molecule has 180 valence electrons. The van der Waals surface area contributed by atoms with Crippen molar-refractivity contribution in [3.8, 4) is 0 Å². The third kappa shape index (κ3) is 6.29. The molecule has 0 spiro atoms. The van der Waals surface area contributed by atoms with Crippen LogP contribution < -0.4 is 5.56 Å². The van der Waals surface area contributed by atoms with Gasteiger partial charge in [-0.2, -0.15) is 0 Å². The van der Waals surface area contributed by atoms with Crippen LogP contribution in [0.25, 0.3) is 10.2 Å². The van der Waals surface area contributed by atoms with Gasteiger partial charge in [-0.25, -0.2) is 9.78 Å². The summed E-state index contributed by atoms with van der Waals surface area (Å²) in [7, 11) is 0. The number of H-pyrrole nitrogens is 1. The Hall–Kier alpha value is -3.62. The van der Waals surface area contributed by atoms with E-state index in [0.717, 1.165) is 17.5 Å². The molecule has 0 radical (unpaired) electrons. The number of thiophene rings is 1. The zero-order valence-corrected chi connectivity index (χ0v) is 20.2. The first-order valence-corrected chi connectivity index (χ1v) is 12.3. The zero-order chi connectivity index (χ0) is 24.6. The molecule has 0 amide bonds. The highest BCUT2D eigenvalue weighted by Crippen LogP contribution is 2.22. The topological polar surface area (TPSA) is 98.3 Å². The number of aryl methyl sites for hydroxylation is 1. The van der Waals surface area contributed by atoms with Crippen LogP contribution in [0.3, 0.4) is 0 Å². The molecule has 2 heterocycles. The van der Waals surface area contributed by atoms with Gasteiger partial charge in [-0.05, 0) is 48.4 Å². The predicted octanol–water partition coefficient (Wildman–Crippen LogP) is 5.08. The van der Waals surface area contributed by atoms with Gasteiger partial charge >= 0.3 is 5.97 Å². The molecule has 0 atom stereocenters. The Morgan fingerprint density at radius 1 is 1.00 bits per heavy atom. The first-order valence-electron chi connectivity index (χ1n) is 11.5. The molecule has 4 rings (SSSR count). The van der Waals surface area contributed by atoms with Crippen molar-refractivity contribution in [2.45, 2.75) is 39.4 Å². The number of aromatic nitrogens is 2. The SMILES string of the molecule is CCOC(=O)c1ccc(COCc2csc3nc(C(=O)CCCc4ccccc4)[nH]c(=O)c23)cc1. The quantitative estimate of drug-likeness (QED) is 0.232. The van der Waals surface area contributed by atoms with E-state index in [4.69, 9.17) is 9.47 Å². The minimum absolute atomic E-state index is 0.103. The van der Waals surface area contributed by atoms with Gasteiger partial charge in [0.1, 0.15) is 4.83 Å². The molecule has 35 heavy (non-hydrogen) atoms. The Morgan fingerprint density at radius 2 is 1.77 bits per heavy atom. The van der Waals surface area contributed by atoms with Crippen LogP contribution in [0.5, 0.6) is 0 Å². The number of carbonyl (C=O) groups is 2. The lowest BCUT2D eigenvalue weighted by molar-refractivity contribution is 0.0526. The summed E-state index contributed by atoms with van der Waals surface area (Å²) in [6, 6.07) is 17.0. The molecule has 0 aliphatic heterocycles. The van der Waals surface area contributed by atoms with E-state index in [0.29, 0.717) is 41.8 Å². The number of benzene rings is 2. The van der Waals surface area contributed by atoms with Crippen molar-refractivity contribution < 1.29 is 19.1 Å². The predicted molar refractivity (Wildman–Crippen MR) is 135 cm³/mol. The number of carbonyl (C=O) groups excluding carboxylic acids is 2. The maximum absolute atomic E-state index is 12.7. The number of rotatable bonds is 11. The minimum Gasteiger partial charge on any atom is -0.462 e. The van der Waals surface area contributed by atoms with Crippen molar-refractivity contribution in [3.63, 3.8) is 0 Å². The van der Waals surface area contributed by atoms with E-state index in [-0.39, 0.29) is 29.7 Å². The molecule has 2 aromatic carbocycles. The zero-order valence-electron chi connectivity index (χ0n) is 19.4. The summed E-state index contributed by atoms with van der Waals surface area (Å²) in [6.45, 7) is 2.65. The molecule has 0 saturated heterocycles. The van der Waals surface area contributed by atoms with Crippen molar-refractivity contribution in [1.29, 1.82) is 0 Å². The summed E-state index contributed by atoms with van der Waals surface area (Å²) in [6.07, 6.45) is 1.81. The molecule has 4 aromatic rings. The van der Waals surface area contributed by atoms with E-state index < -0.39 is 0 Å². The number of ether oxygens (including phenoxy) is 2. The Labute approximate surface area is 206 Å². The first kappa shape index (κ1) is 24.5. The Bertz CT molecular complexity index is 1360. The van der Waals surface area contributed by atoms with Crippen LogP contribution in [0.15, 0.2) is 64.8 Å². The molecule has 0 aliphatic rings. The molecule has 7 nitrogen and oxygen atoms in total. The standard InChI is InChI=1S/C27H26N2O5S/c1-2-34-27(32)20-13-11-19(12-14-20)15-33-16-21-17-35-26-23(21)25(31)28-24(29-26)22(30)10-6-9-18-7-4-3-5-8-18/h3-5,7-8,11-14,17H,2,6,9-10,15-16H2,1H3,(H,28,29,31). The smallest absolute Gasteiger partial charge is 0.338 e. The summed E-state index contributed by atoms with van der Waals surface area (Å²) >= 11 is 1.32. The Morgan fingerprint density at radius 3 is 2.51 bits per heavy atom. The normalized spacial score (nSPS) is 11.0. The van der Waals surface area contributed by atoms with Gasteiger partial charge in [0, 0.05) is 12.0 Å². The fraction of sp³-hybridized carbons (Fsp3) is 0.259. The lowest BCUT2D eigenvalue weighted by Gasteiger charge is -2.06. The van der Waals surface area contributed by atoms with Crippen LogP contribution in [0.1, 0.15) is 57.4 Å². The number of ketones is 1. The van der Waals surface area contributed by atoms with Crippen LogP contribution in [0.2, 0.25) is 0 Å². The number of hydrogen-bond donors (Lipinski definition) is 1. The third-order valence-corrected chi connectivity index (χ3v) is 6.41. The number of nitrogens with one attached hydrogen (secondary N) is 1. The monoisotopic (exact) mass is 490 g/mol. The molecular formula is C27H26N2O5S. The van der Waals surface area contributed by atoms with Crippen LogP contribution in [-0.4, -0.2) is 28.3 Å². The highest BCUT2D eigenvalue weighted by Gasteiger charge is 2.15. The number of Topliss-reactive ketones (excluding diaryl/α,β-unsaturated/α-hetero) is 1. The van der Waals surface area contributed by atoms with Crippen LogP contribution in [0.4, 0.5) is 0 Å². The molecule has 8 heteroatoms. The number of nitrogens with zero attached hydrogens (tertiary/aromatic N) is 1. The fourth-order valence-electron chi connectivity index (χ4n) is 3.69. The van der Waals surface area contributed by atoms with Crippen LogP contribution >= 0.6 is 11.3 Å². The van der Waals surface area contributed by atoms with Gasteiger partial charge in [0.15, 0.2) is 11.6 Å². The van der Waals surface area contributed by atoms with Gasteiger partial charge in [0.25, 0.3) is 5.56 Å². The molecule has 0 fully saturated rings. The van der Waals surface area contributed by atoms with Crippen molar-refractivity contribution >= 4 is 33.3 Å². The highest BCUT2D eigenvalue weighted by atomic mass is 32.1. The van der Waals surface area contributed by atoms with E-state index in [1.807, 2.05) is 47.8 Å². The van der Waals surface area contributed by atoms with Crippen molar-refractivity contribution in [1.82, 2.24) is 9.97 Å². The van der Waals surface area contributed by atoms with E-state index in [2.05, 4.69) is 9.97 Å². The maximum Gasteiger partial charge on any atom is 0.338 e. The Kier molecular flexibility index (Phi) is 8.18. The second-order valence-corrected chi connectivity index (χ2v) is 8.89. The number of fused-ring (bicyclic) bond motifs is 1. The number of aromatic amines is 1. The summed E-state index contributed by atoms with van der Waals surface area (Å²) in [5.74, 6) is -0.422. The fourth-order valence-corrected chi connectivity index (χ4v) is 4.62. The molecule has 0 saturated carbocycles. The second kappa shape index (κ2) is 11.7. The van der Waals surface area contributed by atoms with Crippen LogP contribution in [-0.2, 0) is 29.1 Å². The van der Waals surface area contributed by atoms with Crippen molar-refractivity contribution in [3.05, 3.63) is 98.4 Å². The molecule has 2 aromatic heterocycles. The largest absolute Gasteiger partial charge is 0.462 e. The average molecular weight is 491 g/mol. The lowest BCUT2D eigenvalue weighted by atomic mass is 10.1. The first-order chi connectivity index (χ1) is 17.0. The summed E-state index contributed by atoms with van der Waals surface area (Å²) < 4.78 is 10.8. The van der Waals surface area contributed by atoms with Crippen molar-refractivity contribution in [2.24, 2.45) is 0 Å². The molecule has 0 aliphatic carbocycles. The van der Waals surface area contributed by atoms with Gasteiger partial charge in [-0.1, -0.05) is 42.5 Å². The van der Waals surface area contributed by atoms with E-state index >= 15 is 0 Å². The summed E-state index contributed by atoms with van der Waals surface area (Å²) in [5.41, 5.74) is 2.95. The van der Waals surface area contributed by atoms with Crippen molar-refractivity contribution in [2.75, 3.05) is 6.61 Å². The average Bonchev–Trinajstić information content (AvgIpc) is 3.28. The molecular weight excluding hydrogens is 464 g/mol. The minimum atomic E-state index is -0.356. The van der Waals surface area contributed by atoms with Crippen LogP contribution in [0, 0.1) is 0 Å². The van der Waals surface area contributed by atoms with Gasteiger partial charge in [-0.15, -0.1) is 11.3 Å².